The number of aryl methyl sites for hydroxylation is 1. The molecule has 0 unspecified atom stereocenters. The van der Waals surface area contributed by atoms with Crippen LogP contribution in [0, 0.1) is 11.3 Å². The summed E-state index contributed by atoms with van der Waals surface area (Å²) >= 11 is 0. The normalized spacial score (nSPS) is 13.0. The first-order valence-corrected chi connectivity index (χ1v) is 10.2. The summed E-state index contributed by atoms with van der Waals surface area (Å²) in [4.78, 5) is 34.9. The van der Waals surface area contributed by atoms with Crippen LogP contribution in [0.15, 0.2) is 70.7 Å². The number of benzene rings is 3. The fraction of sp³-hybridized carbons (Fsp3) is 0.0385. The second-order valence-corrected chi connectivity index (χ2v) is 7.83. The summed E-state index contributed by atoms with van der Waals surface area (Å²) in [6.45, 7) is 0. The van der Waals surface area contributed by atoms with E-state index in [9.17, 15) is 9.59 Å². The number of ketones is 2. The van der Waals surface area contributed by atoms with E-state index in [-0.39, 0.29) is 23.0 Å². The van der Waals surface area contributed by atoms with Crippen molar-refractivity contribution in [2.24, 2.45) is 7.05 Å². The molecule has 0 saturated carbocycles. The SMILES string of the molecule is Cn1c(-c2ccc(C#N)cc2)nc2oc(C=C3C(=O)c4cc5ccccc5cc4C3=O)nc21. The number of oxazole rings is 1. The number of carbonyl (C=O) groups excluding carboxylic acids is 2. The number of allylic oxidation sites excluding steroid dienone is 1. The molecule has 7 nitrogen and oxygen atoms in total. The van der Waals surface area contributed by atoms with Gasteiger partial charge in [0.25, 0.3) is 5.71 Å². The van der Waals surface area contributed by atoms with Gasteiger partial charge in [-0.05, 0) is 47.2 Å². The molecule has 0 saturated heterocycles. The van der Waals surface area contributed by atoms with Crippen LogP contribution in [0.2, 0.25) is 0 Å². The van der Waals surface area contributed by atoms with Gasteiger partial charge in [-0.3, -0.25) is 9.59 Å². The number of hydrogen-bond acceptors (Lipinski definition) is 6. The molecule has 0 atom stereocenters. The first-order chi connectivity index (χ1) is 16.0. The summed E-state index contributed by atoms with van der Waals surface area (Å²) in [6, 6.07) is 20.2. The van der Waals surface area contributed by atoms with Crippen LogP contribution in [0.4, 0.5) is 0 Å². The first-order valence-electron chi connectivity index (χ1n) is 10.2. The summed E-state index contributed by atoms with van der Waals surface area (Å²) in [5.74, 6) is 0.0964. The average molecular weight is 430 g/mol. The van der Waals surface area contributed by atoms with Crippen LogP contribution in [0.3, 0.4) is 0 Å². The Morgan fingerprint density at radius 3 is 2.15 bits per heavy atom. The lowest BCUT2D eigenvalue weighted by molar-refractivity contribution is 0.0990. The zero-order valence-electron chi connectivity index (χ0n) is 17.4. The molecule has 6 rings (SSSR count). The summed E-state index contributed by atoms with van der Waals surface area (Å²) in [5.41, 5.74) is 2.97. The minimum Gasteiger partial charge on any atom is -0.417 e. The van der Waals surface area contributed by atoms with Gasteiger partial charge in [0.15, 0.2) is 11.6 Å². The van der Waals surface area contributed by atoms with Gasteiger partial charge in [0.2, 0.25) is 11.5 Å². The van der Waals surface area contributed by atoms with Crippen LogP contribution < -0.4 is 0 Å². The molecule has 5 aromatic rings. The minimum atomic E-state index is -0.339. The molecule has 156 valence electrons. The fourth-order valence-corrected chi connectivity index (χ4v) is 4.16. The van der Waals surface area contributed by atoms with Crippen LogP contribution in [0.5, 0.6) is 0 Å². The molecule has 2 heterocycles. The van der Waals surface area contributed by atoms with Crippen molar-refractivity contribution in [2.75, 3.05) is 0 Å². The van der Waals surface area contributed by atoms with Crippen molar-refractivity contribution in [3.8, 4) is 17.5 Å². The van der Waals surface area contributed by atoms with E-state index in [0.717, 1.165) is 16.3 Å². The Morgan fingerprint density at radius 1 is 0.939 bits per heavy atom. The number of rotatable bonds is 2. The predicted octanol–water partition coefficient (Wildman–Crippen LogP) is 4.72. The molecule has 0 aliphatic heterocycles. The van der Waals surface area contributed by atoms with E-state index < -0.39 is 0 Å². The fourth-order valence-electron chi connectivity index (χ4n) is 4.16. The highest BCUT2D eigenvalue weighted by Crippen LogP contribution is 2.32. The topological polar surface area (TPSA) is 102 Å². The predicted molar refractivity (Wildman–Crippen MR) is 122 cm³/mol. The van der Waals surface area contributed by atoms with E-state index in [4.69, 9.17) is 9.68 Å². The van der Waals surface area contributed by atoms with Crippen molar-refractivity contribution in [1.29, 1.82) is 5.26 Å². The standard InChI is InChI=1S/C26H14N4O3/c1-30-24(15-8-6-14(13-27)7-9-15)29-26-25(30)28-21(33-26)12-20-22(31)18-10-16-4-2-3-5-17(16)11-19(18)23(20)32/h2-12H,1H3. The maximum absolute atomic E-state index is 13.0. The minimum absolute atomic E-state index is 0.0270. The average Bonchev–Trinajstić information content (AvgIpc) is 3.45. The maximum Gasteiger partial charge on any atom is 0.267 e. The molecule has 7 heteroatoms. The molecule has 0 bridgehead atoms. The molecule has 0 N–H and O–H groups in total. The van der Waals surface area contributed by atoms with Crippen molar-refractivity contribution in [3.05, 3.63) is 88.8 Å². The highest BCUT2D eigenvalue weighted by Gasteiger charge is 2.34. The van der Waals surface area contributed by atoms with Gasteiger partial charge in [0.1, 0.15) is 5.82 Å². The number of nitrogens with zero attached hydrogens (tertiary/aromatic N) is 4. The maximum atomic E-state index is 13.0. The van der Waals surface area contributed by atoms with Crippen molar-refractivity contribution >= 4 is 39.8 Å². The molecule has 0 fully saturated rings. The third kappa shape index (κ3) is 2.82. The zero-order valence-corrected chi connectivity index (χ0v) is 17.4. The Hall–Kier alpha value is -4.83. The number of fused-ring (bicyclic) bond motifs is 3. The summed E-state index contributed by atoms with van der Waals surface area (Å²) in [5, 5.41) is 10.8. The van der Waals surface area contributed by atoms with Crippen molar-refractivity contribution in [3.63, 3.8) is 0 Å². The lowest BCUT2D eigenvalue weighted by atomic mass is 10.0. The molecule has 33 heavy (non-hydrogen) atoms. The van der Waals surface area contributed by atoms with Crippen molar-refractivity contribution in [1.82, 2.24) is 14.5 Å². The Balaban J connectivity index is 1.39. The van der Waals surface area contributed by atoms with E-state index in [2.05, 4.69) is 16.0 Å². The Labute approximate surface area is 187 Å². The largest absolute Gasteiger partial charge is 0.417 e. The molecule has 2 aromatic heterocycles. The highest BCUT2D eigenvalue weighted by molar-refractivity contribution is 6.42. The molecule has 1 aliphatic carbocycles. The number of Topliss-reactive ketones (excluding diaryl/α,β-unsaturated/α-hetero) is 2. The second kappa shape index (κ2) is 6.84. The van der Waals surface area contributed by atoms with E-state index >= 15 is 0 Å². The smallest absolute Gasteiger partial charge is 0.267 e. The third-order valence-corrected chi connectivity index (χ3v) is 5.86. The van der Waals surface area contributed by atoms with E-state index in [1.165, 1.54) is 6.08 Å². The molecule has 3 aromatic carbocycles. The number of carbonyl (C=O) groups is 2. The number of nitriles is 1. The first kappa shape index (κ1) is 18.9. The molecule has 0 radical (unpaired) electrons. The van der Waals surface area contributed by atoms with E-state index in [1.54, 1.807) is 48.0 Å². The molecular formula is C26H14N4O3. The van der Waals surface area contributed by atoms with Crippen LogP contribution in [-0.4, -0.2) is 26.1 Å². The Kier molecular flexibility index (Phi) is 3.92. The van der Waals surface area contributed by atoms with Crippen LogP contribution >= 0.6 is 0 Å². The molecule has 0 amide bonds. The summed E-state index contributed by atoms with van der Waals surface area (Å²) in [6.07, 6.45) is 1.39. The number of hydrogen-bond donors (Lipinski definition) is 0. The monoisotopic (exact) mass is 430 g/mol. The van der Waals surface area contributed by atoms with Crippen LogP contribution in [0.1, 0.15) is 32.2 Å². The van der Waals surface area contributed by atoms with Gasteiger partial charge in [-0.15, -0.1) is 0 Å². The highest BCUT2D eigenvalue weighted by atomic mass is 16.4. The Morgan fingerprint density at radius 2 is 1.58 bits per heavy atom. The van der Waals surface area contributed by atoms with Crippen molar-refractivity contribution in [2.45, 2.75) is 0 Å². The lowest BCUT2D eigenvalue weighted by Gasteiger charge is -2.01. The van der Waals surface area contributed by atoms with Gasteiger partial charge in [-0.25, -0.2) is 0 Å². The van der Waals surface area contributed by atoms with Crippen LogP contribution in [0.25, 0.3) is 39.6 Å². The van der Waals surface area contributed by atoms with Gasteiger partial charge in [-0.2, -0.15) is 15.2 Å². The van der Waals surface area contributed by atoms with Gasteiger partial charge in [-0.1, -0.05) is 24.3 Å². The van der Waals surface area contributed by atoms with E-state index in [0.29, 0.717) is 33.9 Å². The second-order valence-electron chi connectivity index (χ2n) is 7.83. The Bertz CT molecular complexity index is 1660. The quantitative estimate of drug-likeness (QED) is 0.297. The summed E-state index contributed by atoms with van der Waals surface area (Å²) < 4.78 is 7.52. The van der Waals surface area contributed by atoms with Gasteiger partial charge < -0.3 is 8.98 Å². The summed E-state index contributed by atoms with van der Waals surface area (Å²) in [7, 11) is 1.80. The van der Waals surface area contributed by atoms with Gasteiger partial charge in [0.05, 0.1) is 17.2 Å². The third-order valence-electron chi connectivity index (χ3n) is 5.86. The number of imidazole rings is 1. The molecule has 1 aliphatic rings. The number of aromatic nitrogens is 3. The van der Waals surface area contributed by atoms with Crippen molar-refractivity contribution < 1.29 is 14.0 Å². The lowest BCUT2D eigenvalue weighted by Crippen LogP contribution is -2.00. The molecular weight excluding hydrogens is 416 g/mol. The zero-order chi connectivity index (χ0) is 22.7. The van der Waals surface area contributed by atoms with Gasteiger partial charge >= 0.3 is 0 Å². The van der Waals surface area contributed by atoms with Crippen LogP contribution in [-0.2, 0) is 7.05 Å². The van der Waals surface area contributed by atoms with E-state index in [1.807, 2.05) is 24.3 Å². The molecule has 0 spiro atoms. The van der Waals surface area contributed by atoms with Gasteiger partial charge in [0, 0.05) is 29.8 Å².